The molecule has 0 unspecified atom stereocenters. The van der Waals surface area contributed by atoms with Gasteiger partial charge >= 0.3 is 0 Å². The SMILES string of the molecule is COc1ccc(C2=CC3(C=C2c2ccc(S(C)(=O)=O)cc2)CC3)cc1Cl. The maximum atomic E-state index is 11.7. The van der Waals surface area contributed by atoms with Gasteiger partial charge in [0.2, 0.25) is 0 Å². The van der Waals surface area contributed by atoms with Crippen molar-refractivity contribution in [3.63, 3.8) is 0 Å². The van der Waals surface area contributed by atoms with Crippen LogP contribution >= 0.6 is 11.6 Å². The molecule has 0 bridgehead atoms. The number of ether oxygens (including phenoxy) is 1. The normalized spacial score (nSPS) is 17.8. The Labute approximate surface area is 158 Å². The number of halogens is 1. The fourth-order valence-corrected chi connectivity index (χ4v) is 4.29. The molecule has 0 heterocycles. The van der Waals surface area contributed by atoms with Crippen molar-refractivity contribution >= 4 is 32.6 Å². The summed E-state index contributed by atoms with van der Waals surface area (Å²) in [5.41, 5.74) is 4.47. The Morgan fingerprint density at radius 3 is 2.04 bits per heavy atom. The fraction of sp³-hybridized carbons (Fsp3) is 0.238. The van der Waals surface area contributed by atoms with Crippen molar-refractivity contribution < 1.29 is 13.2 Å². The maximum absolute atomic E-state index is 11.7. The molecule has 0 aromatic heterocycles. The smallest absolute Gasteiger partial charge is 0.175 e. The zero-order valence-corrected chi connectivity index (χ0v) is 16.2. The van der Waals surface area contributed by atoms with Gasteiger partial charge in [-0.05, 0) is 59.4 Å². The van der Waals surface area contributed by atoms with Crippen LogP contribution in [0.5, 0.6) is 5.75 Å². The Morgan fingerprint density at radius 2 is 1.54 bits per heavy atom. The zero-order chi connectivity index (χ0) is 18.5. The summed E-state index contributed by atoms with van der Waals surface area (Å²) < 4.78 is 28.7. The third-order valence-electron chi connectivity index (χ3n) is 5.04. The van der Waals surface area contributed by atoms with Gasteiger partial charge in [-0.15, -0.1) is 0 Å². The average Bonchev–Trinajstić information content (AvgIpc) is 3.25. The van der Waals surface area contributed by atoms with Crippen LogP contribution < -0.4 is 4.74 Å². The number of sulfone groups is 1. The highest BCUT2D eigenvalue weighted by Crippen LogP contribution is 2.57. The number of allylic oxidation sites excluding steroid dienone is 4. The molecule has 5 heteroatoms. The van der Waals surface area contributed by atoms with E-state index in [9.17, 15) is 8.42 Å². The third kappa shape index (κ3) is 3.08. The molecule has 2 aliphatic rings. The van der Waals surface area contributed by atoms with Crippen LogP contribution in [-0.4, -0.2) is 21.8 Å². The lowest BCUT2D eigenvalue weighted by Crippen LogP contribution is -1.97. The van der Waals surface area contributed by atoms with Crippen molar-refractivity contribution in [2.45, 2.75) is 17.7 Å². The first-order valence-corrected chi connectivity index (χ1v) is 10.7. The predicted octanol–water partition coefficient (Wildman–Crippen LogP) is 5.01. The minimum absolute atomic E-state index is 0.145. The second kappa shape index (κ2) is 6.00. The molecule has 0 aliphatic heterocycles. The lowest BCUT2D eigenvalue weighted by Gasteiger charge is -2.12. The van der Waals surface area contributed by atoms with Crippen LogP contribution in [0.2, 0.25) is 5.02 Å². The fourth-order valence-electron chi connectivity index (χ4n) is 3.40. The second-order valence-corrected chi connectivity index (χ2v) is 9.42. The zero-order valence-electron chi connectivity index (χ0n) is 14.6. The molecule has 2 aromatic carbocycles. The quantitative estimate of drug-likeness (QED) is 0.741. The monoisotopic (exact) mass is 386 g/mol. The molecule has 0 amide bonds. The van der Waals surface area contributed by atoms with Gasteiger partial charge in [-0.1, -0.05) is 42.0 Å². The molecular formula is C21H19ClO3S. The van der Waals surface area contributed by atoms with Crippen molar-refractivity contribution in [3.05, 3.63) is 70.8 Å². The van der Waals surface area contributed by atoms with E-state index in [0.717, 1.165) is 35.1 Å². The number of methoxy groups -OCH3 is 1. The molecule has 2 aromatic rings. The van der Waals surface area contributed by atoms with E-state index in [-0.39, 0.29) is 5.41 Å². The van der Waals surface area contributed by atoms with Gasteiger partial charge in [-0.3, -0.25) is 0 Å². The van der Waals surface area contributed by atoms with Gasteiger partial charge in [0.05, 0.1) is 17.0 Å². The molecule has 2 aliphatic carbocycles. The third-order valence-corrected chi connectivity index (χ3v) is 6.46. The van der Waals surface area contributed by atoms with Gasteiger partial charge in [0.25, 0.3) is 0 Å². The van der Waals surface area contributed by atoms with Crippen molar-refractivity contribution in [3.8, 4) is 5.75 Å². The van der Waals surface area contributed by atoms with Gasteiger partial charge < -0.3 is 4.74 Å². The van der Waals surface area contributed by atoms with E-state index in [2.05, 4.69) is 12.2 Å². The molecule has 1 spiro atoms. The van der Waals surface area contributed by atoms with Crippen molar-refractivity contribution in [2.24, 2.45) is 5.41 Å². The van der Waals surface area contributed by atoms with Crippen LogP contribution in [-0.2, 0) is 9.84 Å². The van der Waals surface area contributed by atoms with Crippen molar-refractivity contribution in [1.82, 2.24) is 0 Å². The molecule has 134 valence electrons. The lowest BCUT2D eigenvalue weighted by atomic mass is 9.95. The largest absolute Gasteiger partial charge is 0.495 e. The summed E-state index contributed by atoms with van der Waals surface area (Å²) in [5.74, 6) is 0.651. The first-order valence-electron chi connectivity index (χ1n) is 8.42. The van der Waals surface area contributed by atoms with Gasteiger partial charge in [-0.2, -0.15) is 0 Å². The highest BCUT2D eigenvalue weighted by molar-refractivity contribution is 7.90. The molecule has 4 rings (SSSR count). The average molecular weight is 387 g/mol. The highest BCUT2D eigenvalue weighted by atomic mass is 35.5. The van der Waals surface area contributed by atoms with E-state index in [1.807, 2.05) is 30.3 Å². The Kier molecular flexibility index (Phi) is 4.01. The van der Waals surface area contributed by atoms with Crippen LogP contribution in [0, 0.1) is 5.41 Å². The number of hydrogen-bond acceptors (Lipinski definition) is 3. The van der Waals surface area contributed by atoms with Crippen molar-refractivity contribution in [2.75, 3.05) is 13.4 Å². The summed E-state index contributed by atoms with van der Waals surface area (Å²) in [6, 6.07) is 12.9. The molecule has 0 N–H and O–H groups in total. The highest BCUT2D eigenvalue weighted by Gasteiger charge is 2.43. The summed E-state index contributed by atoms with van der Waals surface area (Å²) in [5, 5.41) is 0.578. The Bertz CT molecular complexity index is 1040. The Morgan fingerprint density at radius 1 is 0.962 bits per heavy atom. The standard InChI is InChI=1S/C21H19ClO3S/c1-25-20-8-5-15(11-19(20)22)18-13-21(9-10-21)12-17(18)14-3-6-16(7-4-14)26(2,23)24/h3-8,11-13H,9-10H2,1-2H3. The van der Waals surface area contributed by atoms with E-state index < -0.39 is 9.84 Å². The number of benzene rings is 2. The van der Waals surface area contributed by atoms with E-state index in [4.69, 9.17) is 16.3 Å². The molecule has 1 fully saturated rings. The summed E-state index contributed by atoms with van der Waals surface area (Å²) in [6.07, 6.45) is 8.12. The molecule has 0 atom stereocenters. The Hall–Kier alpha value is -2.04. The molecule has 1 saturated carbocycles. The summed E-state index contributed by atoms with van der Waals surface area (Å²) in [7, 11) is -1.60. The van der Waals surface area contributed by atoms with Gasteiger partial charge in [0.1, 0.15) is 5.75 Å². The van der Waals surface area contributed by atoms with Crippen LogP contribution in [0.1, 0.15) is 24.0 Å². The second-order valence-electron chi connectivity index (χ2n) is 7.00. The number of rotatable bonds is 4. The molecular weight excluding hydrogens is 368 g/mol. The topological polar surface area (TPSA) is 43.4 Å². The molecule has 0 saturated heterocycles. The summed E-state index contributed by atoms with van der Waals surface area (Å²) in [4.78, 5) is 0.332. The molecule has 0 radical (unpaired) electrons. The summed E-state index contributed by atoms with van der Waals surface area (Å²) >= 11 is 6.32. The first kappa shape index (κ1) is 17.4. The van der Waals surface area contributed by atoms with Gasteiger partial charge in [-0.25, -0.2) is 8.42 Å². The minimum Gasteiger partial charge on any atom is -0.495 e. The van der Waals surface area contributed by atoms with Gasteiger partial charge in [0.15, 0.2) is 9.84 Å². The maximum Gasteiger partial charge on any atom is 0.175 e. The van der Waals surface area contributed by atoms with Crippen molar-refractivity contribution in [1.29, 1.82) is 0 Å². The van der Waals surface area contributed by atoms with E-state index in [0.29, 0.717) is 15.7 Å². The van der Waals surface area contributed by atoms with E-state index in [1.165, 1.54) is 6.26 Å². The van der Waals surface area contributed by atoms with Crippen LogP contribution in [0.25, 0.3) is 11.1 Å². The van der Waals surface area contributed by atoms with Gasteiger partial charge in [0, 0.05) is 11.7 Å². The van der Waals surface area contributed by atoms with E-state index in [1.54, 1.807) is 19.2 Å². The predicted molar refractivity (Wildman–Crippen MR) is 105 cm³/mol. The van der Waals surface area contributed by atoms with E-state index >= 15 is 0 Å². The minimum atomic E-state index is -3.20. The number of hydrogen-bond donors (Lipinski definition) is 0. The lowest BCUT2D eigenvalue weighted by molar-refractivity contribution is 0.415. The van der Waals surface area contributed by atoms with Crippen LogP contribution in [0.3, 0.4) is 0 Å². The first-order chi connectivity index (χ1) is 12.3. The molecule has 3 nitrogen and oxygen atoms in total. The van der Waals surface area contributed by atoms with Crippen LogP contribution in [0.15, 0.2) is 59.5 Å². The molecule has 26 heavy (non-hydrogen) atoms. The Balaban J connectivity index is 1.76. The van der Waals surface area contributed by atoms with Crippen LogP contribution in [0.4, 0.5) is 0 Å². The summed E-state index contributed by atoms with van der Waals surface area (Å²) in [6.45, 7) is 0.